The SMILES string of the molecule is N[C@@H]1C(=O)[N+]2(C(=O)[O-])C=C(CN3C=CN4NC=CC=C34)CS[C@@H]12. The summed E-state index contributed by atoms with van der Waals surface area (Å²) in [4.78, 5) is 25.6. The first-order valence-corrected chi connectivity index (χ1v) is 8.18. The van der Waals surface area contributed by atoms with Gasteiger partial charge in [-0.15, -0.1) is 0 Å². The Labute approximate surface area is 136 Å². The van der Waals surface area contributed by atoms with E-state index >= 15 is 0 Å². The number of hydrogen-bond acceptors (Lipinski definition) is 8. The first kappa shape index (κ1) is 14.4. The Morgan fingerprint density at radius 3 is 3.13 bits per heavy atom. The first-order chi connectivity index (χ1) is 11.0. The van der Waals surface area contributed by atoms with Gasteiger partial charge in [0, 0.05) is 29.9 Å². The number of thioether (sulfide) groups is 1. The molecule has 23 heavy (non-hydrogen) atoms. The van der Waals surface area contributed by atoms with Crippen LogP contribution in [0.5, 0.6) is 0 Å². The molecular weight excluding hydrogens is 318 g/mol. The van der Waals surface area contributed by atoms with Gasteiger partial charge in [-0.1, -0.05) is 11.8 Å². The van der Waals surface area contributed by atoms with Crippen LogP contribution in [0.1, 0.15) is 0 Å². The van der Waals surface area contributed by atoms with Crippen LogP contribution in [0, 0.1) is 0 Å². The van der Waals surface area contributed by atoms with Crippen molar-refractivity contribution in [2.45, 2.75) is 11.4 Å². The van der Waals surface area contributed by atoms with Gasteiger partial charge in [-0.3, -0.25) is 0 Å². The van der Waals surface area contributed by atoms with E-state index in [4.69, 9.17) is 5.73 Å². The molecule has 3 atom stereocenters. The van der Waals surface area contributed by atoms with E-state index < -0.39 is 27.9 Å². The van der Waals surface area contributed by atoms with Gasteiger partial charge in [0.05, 0.1) is 6.54 Å². The molecule has 0 saturated carbocycles. The summed E-state index contributed by atoms with van der Waals surface area (Å²) in [5, 5.41) is 12.9. The van der Waals surface area contributed by atoms with Gasteiger partial charge in [0.25, 0.3) is 6.09 Å². The highest BCUT2D eigenvalue weighted by atomic mass is 32.2. The van der Waals surface area contributed by atoms with Gasteiger partial charge >= 0.3 is 5.91 Å². The second kappa shape index (κ2) is 4.88. The lowest BCUT2D eigenvalue weighted by atomic mass is 10.0. The van der Waals surface area contributed by atoms with Gasteiger partial charge in [-0.05, 0) is 12.2 Å². The minimum Gasteiger partial charge on any atom is -0.497 e. The summed E-state index contributed by atoms with van der Waals surface area (Å²) in [7, 11) is 0. The number of hydrazine groups is 1. The Morgan fingerprint density at radius 1 is 1.52 bits per heavy atom. The number of carboxylic acid groups (broad SMARTS) is 1. The Hall–Kier alpha value is -2.23. The normalized spacial score (nSPS) is 34.2. The maximum atomic E-state index is 12.1. The second-order valence-corrected chi connectivity index (χ2v) is 6.81. The minimum atomic E-state index is -1.41. The van der Waals surface area contributed by atoms with Crippen LogP contribution in [0.15, 0.2) is 48.3 Å². The Kier molecular flexibility index (Phi) is 3.05. The molecule has 1 saturated heterocycles. The van der Waals surface area contributed by atoms with Crippen LogP contribution >= 0.6 is 11.8 Å². The number of rotatable bonds is 2. The molecule has 3 N–H and O–H groups in total. The average molecular weight is 333 g/mol. The smallest absolute Gasteiger partial charge is 0.349 e. The van der Waals surface area contributed by atoms with E-state index in [1.807, 2.05) is 40.7 Å². The highest BCUT2D eigenvalue weighted by Gasteiger charge is 2.65. The van der Waals surface area contributed by atoms with Gasteiger partial charge in [0.2, 0.25) is 0 Å². The molecule has 1 fully saturated rings. The van der Waals surface area contributed by atoms with Gasteiger partial charge in [-0.2, -0.15) is 4.48 Å². The molecule has 4 rings (SSSR count). The molecule has 120 valence electrons. The van der Waals surface area contributed by atoms with E-state index in [0.29, 0.717) is 12.3 Å². The Bertz CT molecular complexity index is 715. The summed E-state index contributed by atoms with van der Waals surface area (Å²) in [5.74, 6) is 1.06. The van der Waals surface area contributed by atoms with E-state index in [2.05, 4.69) is 5.43 Å². The maximum Gasteiger partial charge on any atom is 0.349 e. The van der Waals surface area contributed by atoms with Crippen LogP contribution in [0.2, 0.25) is 0 Å². The number of imide groups is 1. The van der Waals surface area contributed by atoms with E-state index in [0.717, 1.165) is 11.4 Å². The highest BCUT2D eigenvalue weighted by molar-refractivity contribution is 8.00. The number of nitrogens with zero attached hydrogens (tertiary/aromatic N) is 3. The number of nitrogens with one attached hydrogen (secondary N) is 1. The number of nitrogens with two attached hydrogens (primary N) is 1. The molecule has 0 aromatic rings. The number of amides is 2. The van der Waals surface area contributed by atoms with Gasteiger partial charge in [-0.25, -0.2) is 9.80 Å². The zero-order valence-corrected chi connectivity index (χ0v) is 12.9. The topological polar surface area (TPSA) is 102 Å². The quantitative estimate of drug-likeness (QED) is 0.487. The molecule has 0 radical (unpaired) electrons. The lowest BCUT2D eigenvalue weighted by molar-refractivity contribution is -0.796. The number of hydrogen-bond donors (Lipinski definition) is 2. The molecule has 2 amide bonds. The molecule has 0 aromatic carbocycles. The monoisotopic (exact) mass is 333 g/mol. The molecule has 0 aliphatic carbocycles. The number of carbonyl (C=O) groups is 2. The maximum absolute atomic E-state index is 12.1. The molecule has 4 heterocycles. The number of allylic oxidation sites excluding steroid dienone is 2. The van der Waals surface area contributed by atoms with E-state index in [-0.39, 0.29) is 0 Å². The van der Waals surface area contributed by atoms with Crippen LogP contribution in [0.25, 0.3) is 0 Å². The largest absolute Gasteiger partial charge is 0.497 e. The third kappa shape index (κ3) is 1.87. The molecule has 0 bridgehead atoms. The van der Waals surface area contributed by atoms with Crippen molar-refractivity contribution in [1.29, 1.82) is 0 Å². The molecule has 0 aromatic heterocycles. The fourth-order valence-corrected chi connectivity index (χ4v) is 4.57. The third-order valence-corrected chi connectivity index (χ3v) is 5.86. The molecule has 4 aliphatic rings. The first-order valence-electron chi connectivity index (χ1n) is 7.13. The fourth-order valence-electron chi connectivity index (χ4n) is 3.21. The molecular formula is C14H15N5O3S. The second-order valence-electron chi connectivity index (χ2n) is 5.71. The van der Waals surface area contributed by atoms with Crippen LogP contribution in [-0.2, 0) is 4.79 Å². The van der Waals surface area contributed by atoms with Gasteiger partial charge < -0.3 is 26.0 Å². The van der Waals surface area contributed by atoms with E-state index in [1.54, 1.807) is 0 Å². The molecule has 9 heteroatoms. The predicted octanol–water partition coefficient (Wildman–Crippen LogP) is -1.07. The number of β-lactam (4-membered cyclic amide) rings is 1. The van der Waals surface area contributed by atoms with Gasteiger partial charge in [0.15, 0.2) is 11.4 Å². The van der Waals surface area contributed by atoms with E-state index in [9.17, 15) is 14.7 Å². The molecule has 1 unspecified atom stereocenters. The van der Waals surface area contributed by atoms with Crippen LogP contribution in [0.4, 0.5) is 4.79 Å². The van der Waals surface area contributed by atoms with Gasteiger partial charge in [0.1, 0.15) is 12.0 Å². The summed E-state index contributed by atoms with van der Waals surface area (Å²) < 4.78 is -0.792. The standard InChI is InChI=1S/C14H15N5O3S/c15-11-12(20)19(14(21)22)7-9(8-23-13(11)19)6-17-4-5-18-10(17)2-1-3-16-18/h1-5,7,11,13,16H,6,8,15H2/t11-,13+,19?/m1/s1. The lowest BCUT2D eigenvalue weighted by Gasteiger charge is -2.51. The zero-order chi connectivity index (χ0) is 16.2. The number of fused-ring (bicyclic) bond motifs is 2. The van der Waals surface area contributed by atoms with Crippen LogP contribution < -0.4 is 16.3 Å². The van der Waals surface area contributed by atoms with Crippen molar-refractivity contribution in [2.75, 3.05) is 12.3 Å². The van der Waals surface area contributed by atoms with Crippen molar-refractivity contribution in [3.05, 3.63) is 48.3 Å². The number of quaternary nitrogens is 1. The van der Waals surface area contributed by atoms with Crippen molar-refractivity contribution >= 4 is 23.8 Å². The highest BCUT2D eigenvalue weighted by Crippen LogP contribution is 2.43. The zero-order valence-electron chi connectivity index (χ0n) is 12.1. The van der Waals surface area contributed by atoms with E-state index in [1.165, 1.54) is 18.0 Å². The summed E-state index contributed by atoms with van der Waals surface area (Å²) >= 11 is 1.40. The van der Waals surface area contributed by atoms with Crippen molar-refractivity contribution < 1.29 is 19.2 Å². The Balaban J connectivity index is 1.60. The van der Waals surface area contributed by atoms with Crippen molar-refractivity contribution in [1.82, 2.24) is 15.3 Å². The fraction of sp³-hybridized carbons (Fsp3) is 0.286. The average Bonchev–Trinajstić information content (AvgIpc) is 2.96. The summed E-state index contributed by atoms with van der Waals surface area (Å²) in [6.07, 6.45) is 9.52. The van der Waals surface area contributed by atoms with Crippen molar-refractivity contribution in [3.8, 4) is 0 Å². The lowest BCUT2D eigenvalue weighted by Crippen LogP contribution is -2.81. The van der Waals surface area contributed by atoms with Crippen LogP contribution in [0.3, 0.4) is 0 Å². The molecule has 8 nitrogen and oxygen atoms in total. The minimum absolute atomic E-state index is 0.486. The van der Waals surface area contributed by atoms with Crippen molar-refractivity contribution in [2.24, 2.45) is 5.73 Å². The summed E-state index contributed by atoms with van der Waals surface area (Å²) in [6.45, 7) is 0.504. The molecule has 0 spiro atoms. The van der Waals surface area contributed by atoms with Crippen molar-refractivity contribution in [3.63, 3.8) is 0 Å². The number of carbonyl (C=O) groups excluding carboxylic acids is 2. The Morgan fingerprint density at radius 2 is 2.35 bits per heavy atom. The van der Waals surface area contributed by atoms with Crippen LogP contribution in [-0.4, -0.2) is 50.1 Å². The predicted molar refractivity (Wildman–Crippen MR) is 81.0 cm³/mol. The third-order valence-electron chi connectivity index (χ3n) is 4.35. The molecule has 4 aliphatic heterocycles. The summed E-state index contributed by atoms with van der Waals surface area (Å²) in [6, 6.07) is -0.742. The summed E-state index contributed by atoms with van der Waals surface area (Å²) in [5.41, 5.74) is 9.66.